The van der Waals surface area contributed by atoms with E-state index in [1.54, 1.807) is 18.2 Å². The van der Waals surface area contributed by atoms with E-state index in [0.717, 1.165) is 6.26 Å². The normalized spacial score (nSPS) is 11.0. The Morgan fingerprint density at radius 3 is 2.67 bits per heavy atom. The fraction of sp³-hybridized carbons (Fsp3) is 0.364. The van der Waals surface area contributed by atoms with Gasteiger partial charge >= 0.3 is 0 Å². The lowest BCUT2D eigenvalue weighted by molar-refractivity contribution is -0.118. The number of anilines is 1. The van der Waals surface area contributed by atoms with Gasteiger partial charge in [0.25, 0.3) is 0 Å². The maximum atomic E-state index is 11.4. The van der Waals surface area contributed by atoms with Crippen LogP contribution in [0.15, 0.2) is 18.2 Å². The summed E-state index contributed by atoms with van der Waals surface area (Å²) < 4.78 is 27.0. The summed E-state index contributed by atoms with van der Waals surface area (Å²) in [5.74, 6) is -0.497. The third-order valence-electron chi connectivity index (χ3n) is 2.17. The average Bonchev–Trinajstić information content (AvgIpc) is 2.24. The highest BCUT2D eigenvalue weighted by Gasteiger charge is 2.11. The Morgan fingerprint density at radius 1 is 1.44 bits per heavy atom. The number of carbonyl (C=O) groups excluding carboxylic acids is 1. The molecule has 0 bridgehead atoms. The number of hydrogen-bond acceptors (Lipinski definition) is 5. The summed E-state index contributed by atoms with van der Waals surface area (Å²) in [5.41, 5.74) is 6.86. The van der Waals surface area contributed by atoms with Gasteiger partial charge in [-0.1, -0.05) is 0 Å². The molecule has 0 radical (unpaired) electrons. The van der Waals surface area contributed by atoms with Crippen molar-refractivity contribution < 1.29 is 17.9 Å². The minimum atomic E-state index is -3.32. The smallest absolute Gasteiger partial charge is 0.235 e. The molecule has 0 aliphatic heterocycles. The van der Waals surface area contributed by atoms with Crippen molar-refractivity contribution in [3.05, 3.63) is 23.8 Å². The van der Waals surface area contributed by atoms with Crippen molar-refractivity contribution in [2.75, 3.05) is 24.9 Å². The van der Waals surface area contributed by atoms with Gasteiger partial charge in [0.1, 0.15) is 11.5 Å². The molecule has 1 aromatic carbocycles. The first-order valence-corrected chi connectivity index (χ1v) is 7.24. The van der Waals surface area contributed by atoms with Crippen molar-refractivity contribution in [1.29, 1.82) is 0 Å². The zero-order chi connectivity index (χ0) is 13.8. The van der Waals surface area contributed by atoms with E-state index in [9.17, 15) is 13.2 Å². The summed E-state index contributed by atoms with van der Waals surface area (Å²) in [6, 6.07) is 5.04. The largest absolute Gasteiger partial charge is 0.496 e. The molecule has 0 unspecified atom stereocenters. The third kappa shape index (κ3) is 4.62. The van der Waals surface area contributed by atoms with Crippen LogP contribution in [-0.4, -0.2) is 33.4 Å². The number of nitrogens with two attached hydrogens (primary N) is 1. The highest BCUT2D eigenvalue weighted by atomic mass is 32.2. The predicted octanol–water partition coefficient (Wildman–Crippen LogP) is -0.0618. The van der Waals surface area contributed by atoms with E-state index in [2.05, 4.69) is 5.32 Å². The molecular weight excluding hydrogens is 256 g/mol. The maximum Gasteiger partial charge on any atom is 0.235 e. The predicted molar refractivity (Wildman–Crippen MR) is 69.0 cm³/mol. The number of rotatable bonds is 5. The number of ether oxygens (including phenoxy) is 1. The van der Waals surface area contributed by atoms with Gasteiger partial charge in [-0.3, -0.25) is 4.79 Å². The van der Waals surface area contributed by atoms with E-state index in [1.807, 2.05) is 0 Å². The SMILES string of the molecule is COc1ccc(N)cc1CNC(=O)CS(C)(=O)=O. The number of carbonyl (C=O) groups is 1. The Bertz CT molecular complexity index is 540. The molecule has 1 aromatic rings. The van der Waals surface area contributed by atoms with E-state index >= 15 is 0 Å². The molecule has 18 heavy (non-hydrogen) atoms. The molecule has 0 aliphatic rings. The molecule has 0 aromatic heterocycles. The second kappa shape index (κ2) is 5.72. The highest BCUT2D eigenvalue weighted by Crippen LogP contribution is 2.20. The van der Waals surface area contributed by atoms with Gasteiger partial charge in [-0.2, -0.15) is 0 Å². The molecule has 7 heteroatoms. The van der Waals surface area contributed by atoms with Gasteiger partial charge in [-0.05, 0) is 18.2 Å². The Hall–Kier alpha value is -1.76. The molecular formula is C11H16N2O4S. The molecule has 0 fully saturated rings. The summed E-state index contributed by atoms with van der Waals surface area (Å²) in [7, 11) is -1.81. The molecule has 0 saturated heterocycles. The molecule has 0 saturated carbocycles. The van der Waals surface area contributed by atoms with E-state index in [4.69, 9.17) is 10.5 Å². The molecule has 1 amide bonds. The average molecular weight is 272 g/mol. The van der Waals surface area contributed by atoms with Crippen LogP contribution in [0.2, 0.25) is 0 Å². The van der Waals surface area contributed by atoms with Crippen LogP contribution in [0.5, 0.6) is 5.75 Å². The standard InChI is InChI=1S/C11H16N2O4S/c1-17-10-4-3-9(12)5-8(10)6-13-11(14)7-18(2,15)16/h3-5H,6-7,12H2,1-2H3,(H,13,14). The summed E-state index contributed by atoms with van der Waals surface area (Å²) in [4.78, 5) is 11.4. The number of methoxy groups -OCH3 is 1. The van der Waals surface area contributed by atoms with Crippen molar-refractivity contribution in [1.82, 2.24) is 5.32 Å². The van der Waals surface area contributed by atoms with E-state index in [1.165, 1.54) is 7.11 Å². The van der Waals surface area contributed by atoms with Crippen LogP contribution < -0.4 is 15.8 Å². The monoisotopic (exact) mass is 272 g/mol. The van der Waals surface area contributed by atoms with Crippen LogP contribution in [0.3, 0.4) is 0 Å². The van der Waals surface area contributed by atoms with Gasteiger partial charge in [-0.25, -0.2) is 8.42 Å². The Balaban J connectivity index is 2.68. The third-order valence-corrected chi connectivity index (χ3v) is 2.96. The van der Waals surface area contributed by atoms with Crippen molar-refractivity contribution in [2.24, 2.45) is 0 Å². The molecule has 0 atom stereocenters. The molecule has 0 heterocycles. The van der Waals surface area contributed by atoms with Crippen LogP contribution in [-0.2, 0) is 21.2 Å². The van der Waals surface area contributed by atoms with Crippen molar-refractivity contribution in [3.63, 3.8) is 0 Å². The van der Waals surface area contributed by atoms with Gasteiger partial charge in [0.15, 0.2) is 9.84 Å². The molecule has 100 valence electrons. The van der Waals surface area contributed by atoms with Crippen LogP contribution in [0.1, 0.15) is 5.56 Å². The lowest BCUT2D eigenvalue weighted by Crippen LogP contribution is -2.29. The fourth-order valence-corrected chi connectivity index (χ4v) is 2.00. The van der Waals surface area contributed by atoms with Crippen LogP contribution >= 0.6 is 0 Å². The second-order valence-electron chi connectivity index (χ2n) is 3.92. The first-order chi connectivity index (χ1) is 8.31. The van der Waals surface area contributed by atoms with E-state index in [-0.39, 0.29) is 6.54 Å². The first-order valence-electron chi connectivity index (χ1n) is 5.18. The molecule has 0 spiro atoms. The highest BCUT2D eigenvalue weighted by molar-refractivity contribution is 7.91. The van der Waals surface area contributed by atoms with Gasteiger partial charge in [-0.15, -0.1) is 0 Å². The van der Waals surface area contributed by atoms with Crippen molar-refractivity contribution in [2.45, 2.75) is 6.54 Å². The molecule has 6 nitrogen and oxygen atoms in total. The van der Waals surface area contributed by atoms with Gasteiger partial charge in [0.05, 0.1) is 7.11 Å². The summed E-state index contributed by atoms with van der Waals surface area (Å²) >= 11 is 0. The quantitative estimate of drug-likeness (QED) is 0.732. The van der Waals surface area contributed by atoms with Gasteiger partial charge in [0.2, 0.25) is 5.91 Å². The minimum Gasteiger partial charge on any atom is -0.496 e. The van der Waals surface area contributed by atoms with Gasteiger partial charge in [0, 0.05) is 24.1 Å². The Labute approximate surface area is 106 Å². The Kier molecular flexibility index (Phi) is 4.55. The van der Waals surface area contributed by atoms with Crippen molar-refractivity contribution in [3.8, 4) is 5.75 Å². The number of amides is 1. The summed E-state index contributed by atoms with van der Waals surface area (Å²) in [5, 5.41) is 2.50. The van der Waals surface area contributed by atoms with Gasteiger partial charge < -0.3 is 15.8 Å². The zero-order valence-electron chi connectivity index (χ0n) is 10.3. The van der Waals surface area contributed by atoms with Crippen LogP contribution in [0.25, 0.3) is 0 Å². The maximum absolute atomic E-state index is 11.4. The number of nitrogen functional groups attached to an aromatic ring is 1. The van der Waals surface area contributed by atoms with Crippen molar-refractivity contribution >= 4 is 21.4 Å². The number of hydrogen-bond donors (Lipinski definition) is 2. The summed E-state index contributed by atoms with van der Waals surface area (Å²) in [6.45, 7) is 0.169. The molecule has 0 aliphatic carbocycles. The number of benzene rings is 1. The number of sulfone groups is 1. The fourth-order valence-electron chi connectivity index (χ4n) is 1.42. The second-order valence-corrected chi connectivity index (χ2v) is 6.06. The molecule has 1 rings (SSSR count). The van der Waals surface area contributed by atoms with E-state index in [0.29, 0.717) is 17.0 Å². The van der Waals surface area contributed by atoms with Crippen LogP contribution in [0.4, 0.5) is 5.69 Å². The molecule has 3 N–H and O–H groups in total. The summed E-state index contributed by atoms with van der Waals surface area (Å²) in [6.07, 6.45) is 1.01. The van der Waals surface area contributed by atoms with E-state index < -0.39 is 21.5 Å². The number of nitrogens with one attached hydrogen (secondary N) is 1. The lowest BCUT2D eigenvalue weighted by atomic mass is 10.2. The zero-order valence-corrected chi connectivity index (χ0v) is 11.1. The minimum absolute atomic E-state index is 0.169. The first kappa shape index (κ1) is 14.3. The topological polar surface area (TPSA) is 98.5 Å². The lowest BCUT2D eigenvalue weighted by Gasteiger charge is -2.10. The Morgan fingerprint density at radius 2 is 2.11 bits per heavy atom. The van der Waals surface area contributed by atoms with Crippen LogP contribution in [0, 0.1) is 0 Å².